The van der Waals surface area contributed by atoms with E-state index in [2.05, 4.69) is 10.7 Å². The van der Waals surface area contributed by atoms with Crippen LogP contribution in [0.5, 0.6) is 17.2 Å². The molecule has 9 heteroatoms. The van der Waals surface area contributed by atoms with Gasteiger partial charge in [0.05, 0.1) is 14.2 Å². The molecule has 1 aliphatic rings. The van der Waals surface area contributed by atoms with Crippen LogP contribution in [0.2, 0.25) is 0 Å². The van der Waals surface area contributed by atoms with Crippen molar-refractivity contribution in [2.24, 2.45) is 0 Å². The van der Waals surface area contributed by atoms with Crippen LogP contribution in [-0.2, 0) is 15.1 Å². The van der Waals surface area contributed by atoms with E-state index in [1.807, 2.05) is 0 Å². The summed E-state index contributed by atoms with van der Waals surface area (Å²) < 4.78 is 15.7. The summed E-state index contributed by atoms with van der Waals surface area (Å²) in [7, 11) is 3.01. The number of benzene rings is 2. The maximum Gasteiger partial charge on any atom is 0.344 e. The van der Waals surface area contributed by atoms with Crippen molar-refractivity contribution in [1.29, 1.82) is 0 Å². The van der Waals surface area contributed by atoms with Crippen LogP contribution in [-0.4, -0.2) is 43.7 Å². The molecule has 2 N–H and O–H groups in total. The van der Waals surface area contributed by atoms with Gasteiger partial charge in [-0.15, -0.1) is 0 Å². The average molecular weight is 399 g/mol. The van der Waals surface area contributed by atoms with Crippen molar-refractivity contribution in [2.75, 3.05) is 20.8 Å². The molecular weight excluding hydrogens is 378 g/mol. The van der Waals surface area contributed by atoms with Gasteiger partial charge in [-0.2, -0.15) is 5.01 Å². The summed E-state index contributed by atoms with van der Waals surface area (Å²) in [6, 6.07) is 12.8. The Bertz CT molecular complexity index is 930. The number of rotatable bonds is 7. The Balaban J connectivity index is 1.67. The lowest BCUT2D eigenvalue weighted by Crippen LogP contribution is -2.49. The topological polar surface area (TPSA) is 106 Å². The van der Waals surface area contributed by atoms with E-state index in [1.54, 1.807) is 55.5 Å². The van der Waals surface area contributed by atoms with Gasteiger partial charge < -0.3 is 19.5 Å². The summed E-state index contributed by atoms with van der Waals surface area (Å²) in [5.41, 5.74) is 1.51. The Hall–Kier alpha value is -3.75. The van der Waals surface area contributed by atoms with E-state index in [0.717, 1.165) is 0 Å². The molecule has 0 radical (unpaired) electrons. The zero-order valence-electron chi connectivity index (χ0n) is 16.2. The van der Waals surface area contributed by atoms with Crippen molar-refractivity contribution >= 4 is 17.8 Å². The van der Waals surface area contributed by atoms with Crippen molar-refractivity contribution in [1.82, 2.24) is 15.8 Å². The third-order valence-corrected chi connectivity index (χ3v) is 4.52. The standard InChI is InChI=1S/C20H21N3O6/c1-20(13-8-10-14(27-2)11-9-13)18(25)23(19(26)21-20)22-17(24)12-29-16-7-5-4-6-15(16)28-3/h4-11H,12H2,1-3H3,(H,21,26)(H,22,24)/t20-/m0/s1. The fraction of sp³-hybridized carbons (Fsp3) is 0.250. The van der Waals surface area contributed by atoms with E-state index < -0.39 is 30.0 Å². The molecule has 1 heterocycles. The highest BCUT2D eigenvalue weighted by atomic mass is 16.5. The first-order valence-corrected chi connectivity index (χ1v) is 8.75. The normalized spacial score (nSPS) is 18.2. The minimum absolute atomic E-state index is 0.366. The predicted molar refractivity (Wildman–Crippen MR) is 102 cm³/mol. The third kappa shape index (κ3) is 3.93. The Morgan fingerprint density at radius 2 is 1.69 bits per heavy atom. The summed E-state index contributed by atoms with van der Waals surface area (Å²) in [6.45, 7) is 1.16. The van der Waals surface area contributed by atoms with Crippen molar-refractivity contribution in [2.45, 2.75) is 12.5 Å². The summed E-state index contributed by atoms with van der Waals surface area (Å²) in [6.07, 6.45) is 0. The van der Waals surface area contributed by atoms with E-state index in [1.165, 1.54) is 14.2 Å². The molecule has 1 fully saturated rings. The van der Waals surface area contributed by atoms with Crippen LogP contribution in [0.15, 0.2) is 48.5 Å². The highest BCUT2D eigenvalue weighted by Gasteiger charge is 2.50. The number of ether oxygens (including phenoxy) is 3. The van der Waals surface area contributed by atoms with E-state index in [9.17, 15) is 14.4 Å². The second kappa shape index (κ2) is 8.09. The largest absolute Gasteiger partial charge is 0.497 e. The van der Waals surface area contributed by atoms with Gasteiger partial charge in [0.2, 0.25) is 0 Å². The first kappa shape index (κ1) is 20.0. The van der Waals surface area contributed by atoms with Crippen molar-refractivity contribution in [3.8, 4) is 17.2 Å². The lowest BCUT2D eigenvalue weighted by Gasteiger charge is -2.22. The molecule has 0 aromatic heterocycles. The monoisotopic (exact) mass is 399 g/mol. The molecule has 3 rings (SSSR count). The van der Waals surface area contributed by atoms with Gasteiger partial charge in [-0.25, -0.2) is 4.79 Å². The third-order valence-electron chi connectivity index (χ3n) is 4.52. The van der Waals surface area contributed by atoms with Crippen LogP contribution in [0, 0.1) is 0 Å². The second-order valence-corrected chi connectivity index (χ2v) is 6.40. The predicted octanol–water partition coefficient (Wildman–Crippen LogP) is 1.58. The molecule has 0 saturated carbocycles. The van der Waals surface area contributed by atoms with Gasteiger partial charge in [0.1, 0.15) is 11.3 Å². The summed E-state index contributed by atoms with van der Waals surface area (Å²) in [4.78, 5) is 37.4. The van der Waals surface area contributed by atoms with Crippen LogP contribution in [0.4, 0.5) is 4.79 Å². The van der Waals surface area contributed by atoms with Gasteiger partial charge in [-0.05, 0) is 36.8 Å². The number of hydrogen-bond donors (Lipinski definition) is 2. The molecule has 0 bridgehead atoms. The van der Waals surface area contributed by atoms with E-state index in [0.29, 0.717) is 27.8 Å². The second-order valence-electron chi connectivity index (χ2n) is 6.40. The van der Waals surface area contributed by atoms with Crippen molar-refractivity contribution < 1.29 is 28.6 Å². The summed E-state index contributed by atoms with van der Waals surface area (Å²) in [5.74, 6) is 0.164. The first-order chi connectivity index (χ1) is 13.9. The molecule has 152 valence electrons. The molecule has 9 nitrogen and oxygen atoms in total. The molecular formula is C20H21N3O6. The van der Waals surface area contributed by atoms with Crippen LogP contribution >= 0.6 is 0 Å². The molecule has 4 amide bonds. The number of hydrazine groups is 1. The van der Waals surface area contributed by atoms with Gasteiger partial charge in [-0.1, -0.05) is 24.3 Å². The van der Waals surface area contributed by atoms with Crippen molar-refractivity contribution in [3.05, 3.63) is 54.1 Å². The smallest absolute Gasteiger partial charge is 0.344 e. The Morgan fingerprint density at radius 1 is 1.03 bits per heavy atom. The molecule has 0 unspecified atom stereocenters. The minimum atomic E-state index is -1.32. The number of para-hydroxylation sites is 2. The van der Waals surface area contributed by atoms with Gasteiger partial charge in [0, 0.05) is 0 Å². The number of nitrogens with zero attached hydrogens (tertiary/aromatic N) is 1. The minimum Gasteiger partial charge on any atom is -0.497 e. The fourth-order valence-electron chi connectivity index (χ4n) is 2.90. The number of imide groups is 1. The number of urea groups is 1. The van der Waals surface area contributed by atoms with Crippen LogP contribution < -0.4 is 25.0 Å². The lowest BCUT2D eigenvalue weighted by atomic mass is 9.92. The maximum absolute atomic E-state index is 12.8. The quantitative estimate of drug-likeness (QED) is 0.685. The molecule has 0 spiro atoms. The first-order valence-electron chi connectivity index (χ1n) is 8.75. The highest BCUT2D eigenvalue weighted by molar-refractivity contribution is 6.08. The summed E-state index contributed by atoms with van der Waals surface area (Å²) in [5, 5.41) is 3.25. The van der Waals surface area contributed by atoms with Crippen molar-refractivity contribution in [3.63, 3.8) is 0 Å². The molecule has 1 atom stereocenters. The van der Waals surface area contributed by atoms with E-state index in [4.69, 9.17) is 14.2 Å². The van der Waals surface area contributed by atoms with E-state index in [-0.39, 0.29) is 0 Å². The zero-order chi connectivity index (χ0) is 21.0. The Kier molecular flexibility index (Phi) is 5.58. The Labute approximate surface area is 167 Å². The average Bonchev–Trinajstić information content (AvgIpc) is 2.96. The fourth-order valence-corrected chi connectivity index (χ4v) is 2.90. The van der Waals surface area contributed by atoms with Gasteiger partial charge >= 0.3 is 6.03 Å². The van der Waals surface area contributed by atoms with Gasteiger partial charge in [0.15, 0.2) is 18.1 Å². The van der Waals surface area contributed by atoms with Crippen LogP contribution in [0.25, 0.3) is 0 Å². The number of methoxy groups -OCH3 is 2. The van der Waals surface area contributed by atoms with E-state index >= 15 is 0 Å². The Morgan fingerprint density at radius 3 is 2.31 bits per heavy atom. The molecule has 2 aromatic carbocycles. The number of carbonyl (C=O) groups is 3. The molecule has 1 saturated heterocycles. The lowest BCUT2D eigenvalue weighted by molar-refractivity contribution is -0.139. The maximum atomic E-state index is 12.8. The number of hydrogen-bond acceptors (Lipinski definition) is 6. The SMILES string of the molecule is COc1ccc([C@]2(C)NC(=O)N(NC(=O)COc3ccccc3OC)C2=O)cc1. The number of nitrogens with one attached hydrogen (secondary N) is 2. The molecule has 29 heavy (non-hydrogen) atoms. The zero-order valence-corrected chi connectivity index (χ0v) is 16.2. The van der Waals surface area contributed by atoms with Crippen LogP contribution in [0.1, 0.15) is 12.5 Å². The van der Waals surface area contributed by atoms with Crippen LogP contribution in [0.3, 0.4) is 0 Å². The van der Waals surface area contributed by atoms with Gasteiger partial charge in [0.25, 0.3) is 11.8 Å². The molecule has 2 aromatic rings. The van der Waals surface area contributed by atoms with Gasteiger partial charge in [-0.3, -0.25) is 15.0 Å². The number of amides is 4. The number of carbonyl (C=O) groups excluding carboxylic acids is 3. The molecule has 0 aliphatic carbocycles. The highest BCUT2D eigenvalue weighted by Crippen LogP contribution is 2.29. The summed E-state index contributed by atoms with van der Waals surface area (Å²) >= 11 is 0. The molecule has 1 aliphatic heterocycles.